The molecule has 2 aliphatic carbocycles. The number of aliphatic hydroxyl groups excluding tert-OH is 1. The van der Waals surface area contributed by atoms with E-state index in [9.17, 15) is 9.90 Å². The van der Waals surface area contributed by atoms with E-state index in [-0.39, 0.29) is 12.6 Å². The zero-order valence-electron chi connectivity index (χ0n) is 12.0. The molecule has 110 valence electrons. The van der Waals surface area contributed by atoms with Gasteiger partial charge in [-0.1, -0.05) is 30.3 Å². The van der Waals surface area contributed by atoms with Crippen LogP contribution in [0, 0.1) is 5.92 Å². The summed E-state index contributed by atoms with van der Waals surface area (Å²) in [6.45, 7) is 0.684. The molecule has 0 bridgehead atoms. The number of β-amino-alcohol motifs (C(OH)–C–C–N with tert-alkyl or cyclic N) is 1. The van der Waals surface area contributed by atoms with Crippen molar-refractivity contribution in [3.05, 3.63) is 47.2 Å². The number of hydrogen-bond acceptors (Lipinski definition) is 4. The smallest absolute Gasteiger partial charge is 0.162 e. The van der Waals surface area contributed by atoms with Gasteiger partial charge in [-0.2, -0.15) is 0 Å². The number of nitrogens with one attached hydrogen (secondary N) is 1. The zero-order chi connectivity index (χ0) is 14.4. The highest BCUT2D eigenvalue weighted by Gasteiger charge is 2.52. The molecule has 4 nitrogen and oxygen atoms in total. The molecular weight excluding hydrogens is 264 g/mol. The number of ketones is 1. The van der Waals surface area contributed by atoms with E-state index in [0.29, 0.717) is 30.6 Å². The van der Waals surface area contributed by atoms with Crippen LogP contribution in [0.5, 0.6) is 0 Å². The van der Waals surface area contributed by atoms with Crippen molar-refractivity contribution in [1.82, 2.24) is 10.4 Å². The Hall–Kier alpha value is -1.65. The normalized spacial score (nSPS) is 31.5. The minimum Gasteiger partial charge on any atom is -0.395 e. The van der Waals surface area contributed by atoms with Crippen molar-refractivity contribution < 1.29 is 9.90 Å². The Morgan fingerprint density at radius 1 is 1.24 bits per heavy atom. The maximum atomic E-state index is 12.2. The van der Waals surface area contributed by atoms with Crippen LogP contribution in [0.4, 0.5) is 0 Å². The second-order valence-electron chi connectivity index (χ2n) is 6.21. The molecular formula is C17H20N2O2. The van der Waals surface area contributed by atoms with Gasteiger partial charge in [-0.15, -0.1) is 0 Å². The molecule has 3 aliphatic rings. The van der Waals surface area contributed by atoms with Gasteiger partial charge in [0.25, 0.3) is 0 Å². The summed E-state index contributed by atoms with van der Waals surface area (Å²) in [6.07, 6.45) is 2.60. The number of Topliss-reactive ketones (excluding diaryl/α,β-unsaturated/α-hetero) is 1. The molecule has 0 spiro atoms. The molecule has 1 aromatic rings. The molecule has 1 aromatic carbocycles. The van der Waals surface area contributed by atoms with Crippen molar-refractivity contribution in [2.24, 2.45) is 5.92 Å². The van der Waals surface area contributed by atoms with Crippen molar-refractivity contribution in [1.29, 1.82) is 0 Å². The number of benzene rings is 1. The van der Waals surface area contributed by atoms with Crippen LogP contribution >= 0.6 is 0 Å². The molecule has 3 unspecified atom stereocenters. The summed E-state index contributed by atoms with van der Waals surface area (Å²) in [7, 11) is 0. The van der Waals surface area contributed by atoms with Gasteiger partial charge in [-0.05, 0) is 30.2 Å². The van der Waals surface area contributed by atoms with Crippen LogP contribution in [-0.2, 0) is 4.79 Å². The SMILES string of the molecule is O=C1CCC2=C1C(C1CC1c1ccccc1)N(CCO)N2. The molecule has 1 aliphatic heterocycles. The lowest BCUT2D eigenvalue weighted by Gasteiger charge is -2.27. The van der Waals surface area contributed by atoms with E-state index in [4.69, 9.17) is 0 Å². The van der Waals surface area contributed by atoms with Crippen molar-refractivity contribution in [3.8, 4) is 0 Å². The monoisotopic (exact) mass is 284 g/mol. The molecule has 4 rings (SSSR count). The molecule has 0 saturated heterocycles. The zero-order valence-corrected chi connectivity index (χ0v) is 12.0. The summed E-state index contributed by atoms with van der Waals surface area (Å²) < 4.78 is 0. The Bertz CT molecular complexity index is 596. The number of carbonyl (C=O) groups is 1. The first-order valence-electron chi connectivity index (χ1n) is 7.75. The summed E-state index contributed by atoms with van der Waals surface area (Å²) in [6, 6.07) is 10.7. The van der Waals surface area contributed by atoms with Crippen LogP contribution in [-0.4, -0.2) is 35.1 Å². The molecule has 21 heavy (non-hydrogen) atoms. The third-order valence-corrected chi connectivity index (χ3v) is 4.95. The Kier molecular flexibility index (Phi) is 3.08. The topological polar surface area (TPSA) is 52.6 Å². The van der Waals surface area contributed by atoms with Gasteiger partial charge in [-0.25, -0.2) is 5.01 Å². The van der Waals surface area contributed by atoms with Crippen LogP contribution in [0.3, 0.4) is 0 Å². The molecule has 0 radical (unpaired) electrons. The van der Waals surface area contributed by atoms with E-state index in [1.807, 2.05) is 6.07 Å². The lowest BCUT2D eigenvalue weighted by Crippen LogP contribution is -2.44. The molecule has 3 atom stereocenters. The molecule has 1 saturated carbocycles. The number of aliphatic hydroxyl groups is 1. The van der Waals surface area contributed by atoms with Gasteiger partial charge in [0.1, 0.15) is 0 Å². The van der Waals surface area contributed by atoms with Crippen LogP contribution in [0.15, 0.2) is 41.6 Å². The Morgan fingerprint density at radius 3 is 2.81 bits per heavy atom. The maximum absolute atomic E-state index is 12.2. The molecule has 4 heteroatoms. The van der Waals surface area contributed by atoms with Gasteiger partial charge in [0.15, 0.2) is 5.78 Å². The summed E-state index contributed by atoms with van der Waals surface area (Å²) in [5.74, 6) is 1.32. The summed E-state index contributed by atoms with van der Waals surface area (Å²) in [5.41, 5.74) is 6.81. The van der Waals surface area contributed by atoms with Crippen LogP contribution < -0.4 is 5.43 Å². The van der Waals surface area contributed by atoms with E-state index in [1.54, 1.807) is 0 Å². The largest absolute Gasteiger partial charge is 0.395 e. The van der Waals surface area contributed by atoms with Crippen molar-refractivity contribution >= 4 is 5.78 Å². The average molecular weight is 284 g/mol. The summed E-state index contributed by atoms with van der Waals surface area (Å²) in [4.78, 5) is 12.2. The number of rotatable bonds is 4. The first-order chi connectivity index (χ1) is 10.3. The lowest BCUT2D eigenvalue weighted by atomic mass is 9.97. The fourth-order valence-corrected chi connectivity index (χ4v) is 3.93. The highest BCUT2D eigenvalue weighted by molar-refractivity contribution is 6.00. The van der Waals surface area contributed by atoms with Crippen molar-refractivity contribution in [2.45, 2.75) is 31.2 Å². The molecule has 0 amide bonds. The van der Waals surface area contributed by atoms with Gasteiger partial charge in [0.05, 0.1) is 12.6 Å². The first-order valence-corrected chi connectivity index (χ1v) is 7.75. The number of hydrogen-bond donors (Lipinski definition) is 2. The quantitative estimate of drug-likeness (QED) is 0.881. The van der Waals surface area contributed by atoms with Crippen molar-refractivity contribution in [3.63, 3.8) is 0 Å². The highest BCUT2D eigenvalue weighted by atomic mass is 16.3. The van der Waals surface area contributed by atoms with Gasteiger partial charge < -0.3 is 10.5 Å². The maximum Gasteiger partial charge on any atom is 0.162 e. The number of hydrazine groups is 1. The third kappa shape index (κ3) is 2.10. The predicted molar refractivity (Wildman–Crippen MR) is 79.3 cm³/mol. The Morgan fingerprint density at radius 2 is 2.05 bits per heavy atom. The molecule has 0 aromatic heterocycles. The van der Waals surface area contributed by atoms with Gasteiger partial charge in [-0.3, -0.25) is 4.79 Å². The van der Waals surface area contributed by atoms with E-state index in [2.05, 4.69) is 34.7 Å². The standard InChI is InChI=1S/C17H20N2O2/c20-9-8-19-17(16-14(18-19)6-7-15(16)21)13-10-12(13)11-4-2-1-3-5-11/h1-5,12-13,17-18,20H,6-10H2. The molecule has 1 fully saturated rings. The summed E-state index contributed by atoms with van der Waals surface area (Å²) >= 11 is 0. The van der Waals surface area contributed by atoms with E-state index < -0.39 is 0 Å². The fraction of sp³-hybridized carbons (Fsp3) is 0.471. The van der Waals surface area contributed by atoms with Crippen LogP contribution in [0.25, 0.3) is 0 Å². The van der Waals surface area contributed by atoms with E-state index in [0.717, 1.165) is 24.1 Å². The molecule has 2 N–H and O–H groups in total. The predicted octanol–water partition coefficient (Wildman–Crippen LogP) is 1.59. The molecule has 1 heterocycles. The Balaban J connectivity index is 1.59. The van der Waals surface area contributed by atoms with Crippen LogP contribution in [0.1, 0.15) is 30.7 Å². The third-order valence-electron chi connectivity index (χ3n) is 4.95. The second-order valence-corrected chi connectivity index (χ2v) is 6.21. The second kappa shape index (κ2) is 4.97. The van der Waals surface area contributed by atoms with Gasteiger partial charge >= 0.3 is 0 Å². The highest BCUT2D eigenvalue weighted by Crippen LogP contribution is 2.54. The first kappa shape index (κ1) is 13.0. The van der Waals surface area contributed by atoms with Gasteiger partial charge in [0.2, 0.25) is 0 Å². The number of allylic oxidation sites excluding steroid dienone is 1. The van der Waals surface area contributed by atoms with Crippen molar-refractivity contribution in [2.75, 3.05) is 13.2 Å². The minimum absolute atomic E-state index is 0.112. The average Bonchev–Trinajstić information content (AvgIpc) is 3.10. The van der Waals surface area contributed by atoms with E-state index >= 15 is 0 Å². The minimum atomic E-state index is 0.112. The fourth-order valence-electron chi connectivity index (χ4n) is 3.93. The number of nitrogens with zero attached hydrogens (tertiary/aromatic N) is 1. The van der Waals surface area contributed by atoms with Crippen LogP contribution in [0.2, 0.25) is 0 Å². The Labute approximate surface area is 124 Å². The van der Waals surface area contributed by atoms with Gasteiger partial charge in [0, 0.05) is 24.2 Å². The number of carbonyl (C=O) groups excluding carboxylic acids is 1. The summed E-state index contributed by atoms with van der Waals surface area (Å²) in [5, 5.41) is 11.4. The van der Waals surface area contributed by atoms with E-state index in [1.165, 1.54) is 5.56 Å². The lowest BCUT2D eigenvalue weighted by molar-refractivity contribution is -0.115.